The molecule has 1 fully saturated rings. The van der Waals surface area contributed by atoms with Crippen LogP contribution in [0.4, 0.5) is 5.69 Å². The highest BCUT2D eigenvalue weighted by molar-refractivity contribution is 5.95. The van der Waals surface area contributed by atoms with Crippen LogP contribution < -0.4 is 10.1 Å². The Hall–Kier alpha value is -1.59. The van der Waals surface area contributed by atoms with E-state index in [-0.39, 0.29) is 11.9 Å². The zero-order chi connectivity index (χ0) is 14.5. The SMILES string of the molecule is COc1ccccc1NC(=O)[C@H](C)N1CCN(C)CC1. The second-order valence-electron chi connectivity index (χ2n) is 5.20. The maximum atomic E-state index is 12.3. The van der Waals surface area contributed by atoms with Crippen LogP contribution in [0.5, 0.6) is 5.75 Å². The van der Waals surface area contributed by atoms with Gasteiger partial charge in [0.2, 0.25) is 5.91 Å². The van der Waals surface area contributed by atoms with Crippen LogP contribution in [0.25, 0.3) is 0 Å². The Kier molecular flexibility index (Phi) is 4.98. The lowest BCUT2D eigenvalue weighted by atomic mass is 10.2. The average molecular weight is 277 g/mol. The summed E-state index contributed by atoms with van der Waals surface area (Å²) in [7, 11) is 3.71. The van der Waals surface area contributed by atoms with Gasteiger partial charge in [0.25, 0.3) is 0 Å². The van der Waals surface area contributed by atoms with E-state index in [0.717, 1.165) is 31.9 Å². The molecule has 1 aliphatic heterocycles. The Balaban J connectivity index is 1.97. The van der Waals surface area contributed by atoms with Gasteiger partial charge in [0.15, 0.2) is 0 Å². The van der Waals surface area contributed by atoms with E-state index in [9.17, 15) is 4.79 Å². The summed E-state index contributed by atoms with van der Waals surface area (Å²) in [4.78, 5) is 16.8. The number of para-hydroxylation sites is 2. The molecule has 0 saturated carbocycles. The number of amides is 1. The first-order valence-corrected chi connectivity index (χ1v) is 6.98. The van der Waals surface area contributed by atoms with E-state index in [1.807, 2.05) is 31.2 Å². The van der Waals surface area contributed by atoms with E-state index in [0.29, 0.717) is 5.75 Å². The van der Waals surface area contributed by atoms with E-state index in [4.69, 9.17) is 4.74 Å². The van der Waals surface area contributed by atoms with Crippen LogP contribution in [0, 0.1) is 0 Å². The average Bonchev–Trinajstić information content (AvgIpc) is 2.48. The molecule has 1 amide bonds. The molecule has 0 radical (unpaired) electrons. The molecule has 0 aromatic heterocycles. The van der Waals surface area contributed by atoms with Gasteiger partial charge in [0.1, 0.15) is 5.75 Å². The summed E-state index contributed by atoms with van der Waals surface area (Å²) < 4.78 is 5.25. The van der Waals surface area contributed by atoms with Crippen molar-refractivity contribution in [1.29, 1.82) is 0 Å². The van der Waals surface area contributed by atoms with Gasteiger partial charge in [-0.15, -0.1) is 0 Å². The van der Waals surface area contributed by atoms with E-state index in [1.165, 1.54) is 0 Å². The highest BCUT2D eigenvalue weighted by atomic mass is 16.5. The highest BCUT2D eigenvalue weighted by Crippen LogP contribution is 2.23. The fourth-order valence-corrected chi connectivity index (χ4v) is 2.36. The first-order valence-electron chi connectivity index (χ1n) is 6.98. The molecule has 0 bridgehead atoms. The van der Waals surface area contributed by atoms with Crippen molar-refractivity contribution in [3.05, 3.63) is 24.3 Å². The number of rotatable bonds is 4. The molecule has 110 valence electrons. The fraction of sp³-hybridized carbons (Fsp3) is 0.533. The molecule has 0 aliphatic carbocycles. The van der Waals surface area contributed by atoms with Gasteiger partial charge in [-0.1, -0.05) is 12.1 Å². The van der Waals surface area contributed by atoms with Crippen LogP contribution in [0.1, 0.15) is 6.92 Å². The Labute approximate surface area is 120 Å². The topological polar surface area (TPSA) is 44.8 Å². The van der Waals surface area contributed by atoms with E-state index in [2.05, 4.69) is 22.2 Å². The quantitative estimate of drug-likeness (QED) is 0.900. The maximum absolute atomic E-state index is 12.3. The first kappa shape index (κ1) is 14.8. The fourth-order valence-electron chi connectivity index (χ4n) is 2.36. The number of piperazine rings is 1. The van der Waals surface area contributed by atoms with E-state index >= 15 is 0 Å². The normalized spacial score (nSPS) is 18.6. The number of nitrogens with one attached hydrogen (secondary N) is 1. The van der Waals surface area contributed by atoms with Crippen molar-refractivity contribution < 1.29 is 9.53 Å². The Morgan fingerprint density at radius 2 is 1.90 bits per heavy atom. The first-order chi connectivity index (χ1) is 9.61. The summed E-state index contributed by atoms with van der Waals surface area (Å²) in [6.07, 6.45) is 0. The zero-order valence-corrected chi connectivity index (χ0v) is 12.4. The van der Waals surface area contributed by atoms with Gasteiger partial charge in [-0.25, -0.2) is 0 Å². The third-order valence-electron chi connectivity index (χ3n) is 3.83. The number of ether oxygens (including phenoxy) is 1. The summed E-state index contributed by atoms with van der Waals surface area (Å²) in [5, 5.41) is 2.95. The molecular formula is C15H23N3O2. The maximum Gasteiger partial charge on any atom is 0.241 e. The van der Waals surface area contributed by atoms with Gasteiger partial charge in [0, 0.05) is 26.2 Å². The summed E-state index contributed by atoms with van der Waals surface area (Å²) in [6, 6.07) is 7.34. The Morgan fingerprint density at radius 3 is 2.55 bits per heavy atom. The number of carbonyl (C=O) groups excluding carboxylic acids is 1. The Morgan fingerprint density at radius 1 is 1.25 bits per heavy atom. The minimum atomic E-state index is -0.131. The molecule has 5 nitrogen and oxygen atoms in total. The predicted molar refractivity (Wildman–Crippen MR) is 80.2 cm³/mol. The summed E-state index contributed by atoms with van der Waals surface area (Å²) in [5.41, 5.74) is 0.723. The van der Waals surface area contributed by atoms with Crippen LogP contribution in [0.2, 0.25) is 0 Å². The van der Waals surface area contributed by atoms with Crippen LogP contribution in [0.15, 0.2) is 24.3 Å². The number of nitrogens with zero attached hydrogens (tertiary/aromatic N) is 2. The molecule has 0 spiro atoms. The highest BCUT2D eigenvalue weighted by Gasteiger charge is 2.24. The lowest BCUT2D eigenvalue weighted by Gasteiger charge is -2.35. The lowest BCUT2D eigenvalue weighted by molar-refractivity contribution is -0.121. The lowest BCUT2D eigenvalue weighted by Crippen LogP contribution is -2.51. The number of carbonyl (C=O) groups is 1. The molecule has 1 aliphatic rings. The van der Waals surface area contributed by atoms with Crippen LogP contribution in [-0.4, -0.2) is 62.1 Å². The minimum absolute atomic E-state index is 0.0130. The van der Waals surface area contributed by atoms with Gasteiger partial charge in [0.05, 0.1) is 18.8 Å². The molecule has 1 aromatic carbocycles. The van der Waals surface area contributed by atoms with Crippen molar-refractivity contribution in [3.63, 3.8) is 0 Å². The van der Waals surface area contributed by atoms with Gasteiger partial charge in [-0.2, -0.15) is 0 Å². The summed E-state index contributed by atoms with van der Waals surface area (Å²) >= 11 is 0. The molecule has 1 heterocycles. The summed E-state index contributed by atoms with van der Waals surface area (Å²) in [5.74, 6) is 0.700. The largest absolute Gasteiger partial charge is 0.495 e. The van der Waals surface area contributed by atoms with Crippen LogP contribution >= 0.6 is 0 Å². The van der Waals surface area contributed by atoms with Crippen LogP contribution in [-0.2, 0) is 4.79 Å². The molecule has 5 heteroatoms. The van der Waals surface area contributed by atoms with Gasteiger partial charge in [-0.3, -0.25) is 9.69 Å². The second-order valence-corrected chi connectivity index (χ2v) is 5.20. The standard InChI is InChI=1S/C15H23N3O2/c1-12(18-10-8-17(2)9-11-18)15(19)16-13-6-4-5-7-14(13)20-3/h4-7,12H,8-11H2,1-3H3,(H,16,19)/t12-/m0/s1. The molecule has 1 aromatic rings. The molecule has 20 heavy (non-hydrogen) atoms. The number of methoxy groups -OCH3 is 1. The monoisotopic (exact) mass is 277 g/mol. The number of anilines is 1. The van der Waals surface area contributed by atoms with Gasteiger partial charge in [-0.05, 0) is 26.1 Å². The van der Waals surface area contributed by atoms with Crippen molar-refractivity contribution in [2.75, 3.05) is 45.7 Å². The van der Waals surface area contributed by atoms with Crippen LogP contribution in [0.3, 0.4) is 0 Å². The third kappa shape index (κ3) is 3.49. The number of hydrogen-bond acceptors (Lipinski definition) is 4. The van der Waals surface area contributed by atoms with Crippen molar-refractivity contribution in [2.45, 2.75) is 13.0 Å². The molecule has 2 rings (SSSR count). The van der Waals surface area contributed by atoms with Crippen molar-refractivity contribution in [1.82, 2.24) is 9.80 Å². The molecule has 1 N–H and O–H groups in total. The van der Waals surface area contributed by atoms with Crippen molar-refractivity contribution >= 4 is 11.6 Å². The number of likely N-dealkylation sites (N-methyl/N-ethyl adjacent to an activating group) is 1. The number of hydrogen-bond donors (Lipinski definition) is 1. The molecular weight excluding hydrogens is 254 g/mol. The number of benzene rings is 1. The van der Waals surface area contributed by atoms with Crippen molar-refractivity contribution in [3.8, 4) is 5.75 Å². The van der Waals surface area contributed by atoms with E-state index < -0.39 is 0 Å². The zero-order valence-electron chi connectivity index (χ0n) is 12.4. The third-order valence-corrected chi connectivity index (χ3v) is 3.83. The van der Waals surface area contributed by atoms with Crippen molar-refractivity contribution in [2.24, 2.45) is 0 Å². The van der Waals surface area contributed by atoms with Gasteiger partial charge >= 0.3 is 0 Å². The Bertz CT molecular complexity index is 456. The van der Waals surface area contributed by atoms with E-state index in [1.54, 1.807) is 7.11 Å². The minimum Gasteiger partial charge on any atom is -0.495 e. The predicted octanol–water partition coefficient (Wildman–Crippen LogP) is 1.27. The second kappa shape index (κ2) is 6.72. The molecule has 1 atom stereocenters. The van der Waals surface area contributed by atoms with Gasteiger partial charge < -0.3 is 15.0 Å². The smallest absolute Gasteiger partial charge is 0.241 e. The molecule has 0 unspecified atom stereocenters. The summed E-state index contributed by atoms with van der Waals surface area (Å²) in [6.45, 7) is 5.82. The molecule has 1 saturated heterocycles.